The van der Waals surface area contributed by atoms with Crippen molar-refractivity contribution in [1.29, 1.82) is 0 Å². The van der Waals surface area contributed by atoms with Gasteiger partial charge < -0.3 is 15.2 Å². The topological polar surface area (TPSA) is 92.9 Å². The van der Waals surface area contributed by atoms with Crippen LogP contribution in [0.2, 0.25) is 0 Å². The molecule has 0 aliphatic carbocycles. The van der Waals surface area contributed by atoms with Gasteiger partial charge in [-0.2, -0.15) is 0 Å². The largest absolute Gasteiger partial charge is 0.360 e. The second-order valence-electron chi connectivity index (χ2n) is 5.65. The summed E-state index contributed by atoms with van der Waals surface area (Å²) in [6.45, 7) is 5.89. The SMILES string of the molecule is CCc1cccc(C)c1Nc1cnc(C(=O)Nc2cc(C)on2)cn1. The molecule has 0 fully saturated rings. The zero-order valence-corrected chi connectivity index (χ0v) is 14.3. The summed E-state index contributed by atoms with van der Waals surface area (Å²) in [5, 5.41) is 9.60. The molecule has 2 heterocycles. The van der Waals surface area contributed by atoms with Crippen molar-refractivity contribution in [3.05, 3.63) is 59.2 Å². The van der Waals surface area contributed by atoms with Crippen LogP contribution in [-0.2, 0) is 6.42 Å². The lowest BCUT2D eigenvalue weighted by Crippen LogP contribution is -2.14. The summed E-state index contributed by atoms with van der Waals surface area (Å²) in [5.41, 5.74) is 3.55. The maximum absolute atomic E-state index is 12.1. The highest BCUT2D eigenvalue weighted by Crippen LogP contribution is 2.24. The lowest BCUT2D eigenvalue weighted by Gasteiger charge is -2.13. The van der Waals surface area contributed by atoms with E-state index in [0.717, 1.165) is 17.7 Å². The zero-order chi connectivity index (χ0) is 17.8. The summed E-state index contributed by atoms with van der Waals surface area (Å²) in [6.07, 6.45) is 3.87. The molecule has 2 aromatic heterocycles. The zero-order valence-electron chi connectivity index (χ0n) is 14.3. The van der Waals surface area contributed by atoms with Crippen LogP contribution in [0, 0.1) is 13.8 Å². The Kier molecular flexibility index (Phi) is 4.74. The quantitative estimate of drug-likeness (QED) is 0.738. The normalized spacial score (nSPS) is 10.5. The van der Waals surface area contributed by atoms with E-state index in [1.165, 1.54) is 18.0 Å². The Morgan fingerprint density at radius 3 is 2.64 bits per heavy atom. The molecular weight excluding hydrogens is 318 g/mol. The lowest BCUT2D eigenvalue weighted by molar-refractivity contribution is 0.102. The van der Waals surface area contributed by atoms with Gasteiger partial charge in [-0.1, -0.05) is 30.3 Å². The van der Waals surface area contributed by atoms with Gasteiger partial charge in [0.1, 0.15) is 17.3 Å². The minimum Gasteiger partial charge on any atom is -0.360 e. The standard InChI is InChI=1S/C18H19N5O2/c1-4-13-7-5-6-11(2)17(13)21-16-10-19-14(9-20-16)18(24)22-15-8-12(3)25-23-15/h5-10H,4H2,1-3H3,(H,20,21)(H,22,23,24). The van der Waals surface area contributed by atoms with Crippen LogP contribution in [0.25, 0.3) is 0 Å². The first-order valence-electron chi connectivity index (χ1n) is 7.99. The lowest BCUT2D eigenvalue weighted by atomic mass is 10.1. The maximum Gasteiger partial charge on any atom is 0.277 e. The number of para-hydroxylation sites is 1. The predicted molar refractivity (Wildman–Crippen MR) is 95.1 cm³/mol. The number of hydrogen-bond acceptors (Lipinski definition) is 6. The summed E-state index contributed by atoms with van der Waals surface area (Å²) in [4.78, 5) is 20.6. The van der Waals surface area contributed by atoms with E-state index in [2.05, 4.69) is 38.7 Å². The molecule has 0 atom stereocenters. The number of rotatable bonds is 5. The van der Waals surface area contributed by atoms with E-state index in [0.29, 0.717) is 17.4 Å². The average molecular weight is 337 g/mol. The molecule has 3 aromatic rings. The van der Waals surface area contributed by atoms with Gasteiger partial charge in [0.25, 0.3) is 5.91 Å². The third kappa shape index (κ3) is 3.82. The van der Waals surface area contributed by atoms with Gasteiger partial charge in [-0.3, -0.25) is 4.79 Å². The first-order valence-corrected chi connectivity index (χ1v) is 7.99. The fourth-order valence-corrected chi connectivity index (χ4v) is 2.45. The smallest absolute Gasteiger partial charge is 0.277 e. The summed E-state index contributed by atoms with van der Waals surface area (Å²) in [5.74, 6) is 1.15. The van der Waals surface area contributed by atoms with E-state index < -0.39 is 5.91 Å². The highest BCUT2D eigenvalue weighted by molar-refractivity contribution is 6.02. The minimum absolute atomic E-state index is 0.201. The molecule has 0 saturated carbocycles. The molecule has 128 valence electrons. The van der Waals surface area contributed by atoms with Gasteiger partial charge in [0, 0.05) is 11.8 Å². The van der Waals surface area contributed by atoms with Crippen molar-refractivity contribution >= 4 is 23.2 Å². The van der Waals surface area contributed by atoms with Gasteiger partial charge >= 0.3 is 0 Å². The minimum atomic E-state index is -0.391. The molecule has 3 rings (SSSR count). The number of anilines is 3. The van der Waals surface area contributed by atoms with Gasteiger partial charge in [-0.25, -0.2) is 9.97 Å². The Labute approximate surface area is 145 Å². The van der Waals surface area contributed by atoms with Gasteiger partial charge in [0.15, 0.2) is 5.82 Å². The van der Waals surface area contributed by atoms with Crippen molar-refractivity contribution in [3.8, 4) is 0 Å². The molecule has 1 amide bonds. The van der Waals surface area contributed by atoms with Crippen molar-refractivity contribution in [2.45, 2.75) is 27.2 Å². The predicted octanol–water partition coefficient (Wildman–Crippen LogP) is 3.64. The molecule has 0 aliphatic heterocycles. The van der Waals surface area contributed by atoms with E-state index >= 15 is 0 Å². The number of aromatic nitrogens is 3. The summed E-state index contributed by atoms with van der Waals surface area (Å²) < 4.78 is 4.91. The number of carbonyl (C=O) groups excluding carboxylic acids is 1. The van der Waals surface area contributed by atoms with E-state index in [1.54, 1.807) is 13.0 Å². The fraction of sp³-hybridized carbons (Fsp3) is 0.222. The number of carbonyl (C=O) groups is 1. The van der Waals surface area contributed by atoms with E-state index in [-0.39, 0.29) is 5.69 Å². The average Bonchev–Trinajstić information content (AvgIpc) is 3.02. The number of nitrogens with zero attached hydrogens (tertiary/aromatic N) is 3. The van der Waals surface area contributed by atoms with Gasteiger partial charge in [0.05, 0.1) is 12.4 Å². The number of aryl methyl sites for hydroxylation is 3. The van der Waals surface area contributed by atoms with Gasteiger partial charge in [-0.05, 0) is 31.4 Å². The van der Waals surface area contributed by atoms with Crippen molar-refractivity contribution in [1.82, 2.24) is 15.1 Å². The van der Waals surface area contributed by atoms with Crippen molar-refractivity contribution in [3.63, 3.8) is 0 Å². The first-order chi connectivity index (χ1) is 12.1. The highest BCUT2D eigenvalue weighted by atomic mass is 16.5. The molecule has 2 N–H and O–H groups in total. The molecule has 1 aromatic carbocycles. The molecule has 0 aliphatic rings. The van der Waals surface area contributed by atoms with Crippen LogP contribution in [0.4, 0.5) is 17.3 Å². The van der Waals surface area contributed by atoms with E-state index in [1.807, 2.05) is 19.1 Å². The van der Waals surface area contributed by atoms with Gasteiger partial charge in [-0.15, -0.1) is 0 Å². The number of hydrogen-bond donors (Lipinski definition) is 2. The first kappa shape index (κ1) is 16.6. The maximum atomic E-state index is 12.1. The van der Waals surface area contributed by atoms with E-state index in [4.69, 9.17) is 4.52 Å². The van der Waals surface area contributed by atoms with Gasteiger partial charge in [0.2, 0.25) is 0 Å². The van der Waals surface area contributed by atoms with Crippen molar-refractivity contribution in [2.24, 2.45) is 0 Å². The van der Waals surface area contributed by atoms with Crippen LogP contribution in [0.15, 0.2) is 41.2 Å². The molecule has 7 nitrogen and oxygen atoms in total. The molecule has 7 heteroatoms. The molecule has 25 heavy (non-hydrogen) atoms. The van der Waals surface area contributed by atoms with E-state index in [9.17, 15) is 4.79 Å². The summed E-state index contributed by atoms with van der Waals surface area (Å²) in [6, 6.07) is 7.77. The number of nitrogens with one attached hydrogen (secondary N) is 2. The monoisotopic (exact) mass is 337 g/mol. The Bertz CT molecular complexity index is 887. The Balaban J connectivity index is 1.73. The number of benzene rings is 1. The molecular formula is C18H19N5O2. The molecule has 0 saturated heterocycles. The number of amides is 1. The second kappa shape index (κ2) is 7.12. The van der Waals surface area contributed by atoms with Crippen LogP contribution in [0.5, 0.6) is 0 Å². The Morgan fingerprint density at radius 2 is 2.00 bits per heavy atom. The Morgan fingerprint density at radius 1 is 1.16 bits per heavy atom. The van der Waals surface area contributed by atoms with Crippen LogP contribution in [-0.4, -0.2) is 21.0 Å². The molecule has 0 radical (unpaired) electrons. The summed E-state index contributed by atoms with van der Waals surface area (Å²) >= 11 is 0. The van der Waals surface area contributed by atoms with Crippen LogP contribution >= 0.6 is 0 Å². The van der Waals surface area contributed by atoms with Crippen LogP contribution in [0.1, 0.15) is 34.3 Å². The van der Waals surface area contributed by atoms with Crippen LogP contribution < -0.4 is 10.6 Å². The third-order valence-corrected chi connectivity index (χ3v) is 3.75. The highest BCUT2D eigenvalue weighted by Gasteiger charge is 2.12. The van der Waals surface area contributed by atoms with Crippen molar-refractivity contribution < 1.29 is 9.32 Å². The summed E-state index contributed by atoms with van der Waals surface area (Å²) in [7, 11) is 0. The molecule has 0 bridgehead atoms. The Hall–Kier alpha value is -3.22. The molecule has 0 unspecified atom stereocenters. The van der Waals surface area contributed by atoms with Crippen LogP contribution in [0.3, 0.4) is 0 Å². The fourth-order valence-electron chi connectivity index (χ4n) is 2.45. The third-order valence-electron chi connectivity index (χ3n) is 3.75. The second-order valence-corrected chi connectivity index (χ2v) is 5.65. The van der Waals surface area contributed by atoms with Crippen molar-refractivity contribution in [2.75, 3.05) is 10.6 Å². The molecule has 0 spiro atoms.